The van der Waals surface area contributed by atoms with Crippen LogP contribution in [-0.4, -0.2) is 21.9 Å². The van der Waals surface area contributed by atoms with Gasteiger partial charge in [0, 0.05) is 5.41 Å². The highest BCUT2D eigenvalue weighted by atomic mass is 16.3. The SMILES string of the molecule is C#C[C@]1(O)CC[C@@H]2[C@@H]3CC[C@@H]4C[C@H](O)CC[C@]4(C)[C@@H]3CC[C@]21C. The topological polar surface area (TPSA) is 40.5 Å². The van der Waals surface area contributed by atoms with Crippen molar-refractivity contribution in [1.29, 1.82) is 0 Å². The van der Waals surface area contributed by atoms with Crippen molar-refractivity contribution in [2.24, 2.45) is 34.5 Å². The molecule has 0 aromatic heterocycles. The van der Waals surface area contributed by atoms with E-state index in [1.165, 1.54) is 25.7 Å². The van der Waals surface area contributed by atoms with E-state index in [1.54, 1.807) is 0 Å². The summed E-state index contributed by atoms with van der Waals surface area (Å²) in [6.45, 7) is 4.77. The van der Waals surface area contributed by atoms with Gasteiger partial charge in [0.05, 0.1) is 6.10 Å². The number of hydrogen-bond donors (Lipinski definition) is 2. The van der Waals surface area contributed by atoms with Gasteiger partial charge in [-0.1, -0.05) is 19.8 Å². The third-order valence-electron chi connectivity index (χ3n) is 9.03. The summed E-state index contributed by atoms with van der Waals surface area (Å²) in [6.07, 6.45) is 15.6. The van der Waals surface area contributed by atoms with Crippen LogP contribution in [0.4, 0.5) is 0 Å². The van der Waals surface area contributed by atoms with Gasteiger partial charge in [0.2, 0.25) is 0 Å². The zero-order chi connectivity index (χ0) is 16.5. The average molecular weight is 316 g/mol. The lowest BCUT2D eigenvalue weighted by Crippen LogP contribution is -2.56. The molecule has 0 radical (unpaired) electrons. The van der Waals surface area contributed by atoms with Crippen molar-refractivity contribution in [3.63, 3.8) is 0 Å². The Morgan fingerprint density at radius 3 is 2.43 bits per heavy atom. The minimum atomic E-state index is -0.886. The normalized spacial score (nSPS) is 58.7. The van der Waals surface area contributed by atoms with Gasteiger partial charge in [0.25, 0.3) is 0 Å². The van der Waals surface area contributed by atoms with Crippen LogP contribution in [0.2, 0.25) is 0 Å². The Morgan fingerprint density at radius 2 is 1.70 bits per heavy atom. The van der Waals surface area contributed by atoms with E-state index in [0.717, 1.165) is 43.9 Å². The molecule has 8 atom stereocenters. The van der Waals surface area contributed by atoms with Crippen LogP contribution < -0.4 is 0 Å². The summed E-state index contributed by atoms with van der Waals surface area (Å²) < 4.78 is 0. The van der Waals surface area contributed by atoms with E-state index in [-0.39, 0.29) is 11.5 Å². The lowest BCUT2D eigenvalue weighted by Gasteiger charge is -2.61. The molecule has 0 aromatic carbocycles. The fraction of sp³-hybridized carbons (Fsp3) is 0.905. The van der Waals surface area contributed by atoms with Gasteiger partial charge in [-0.3, -0.25) is 0 Å². The summed E-state index contributed by atoms with van der Waals surface area (Å²) in [6, 6.07) is 0. The smallest absolute Gasteiger partial charge is 0.130 e. The molecular formula is C21H32O2. The number of fused-ring (bicyclic) bond motifs is 5. The van der Waals surface area contributed by atoms with Crippen molar-refractivity contribution in [3.05, 3.63) is 0 Å². The Hall–Kier alpha value is -0.520. The van der Waals surface area contributed by atoms with Gasteiger partial charge in [-0.05, 0) is 86.9 Å². The third kappa shape index (κ3) is 1.96. The Kier molecular flexibility index (Phi) is 3.47. The molecule has 0 saturated heterocycles. The summed E-state index contributed by atoms with van der Waals surface area (Å²) in [7, 11) is 0. The molecule has 4 saturated carbocycles. The van der Waals surface area contributed by atoms with Crippen molar-refractivity contribution in [2.45, 2.75) is 83.3 Å². The van der Waals surface area contributed by atoms with Crippen LogP contribution in [0.15, 0.2) is 0 Å². The van der Waals surface area contributed by atoms with E-state index < -0.39 is 5.60 Å². The van der Waals surface area contributed by atoms with Gasteiger partial charge in [-0.2, -0.15) is 0 Å². The minimum absolute atomic E-state index is 0.0727. The molecule has 0 amide bonds. The van der Waals surface area contributed by atoms with Crippen LogP contribution in [0.5, 0.6) is 0 Å². The van der Waals surface area contributed by atoms with Gasteiger partial charge in [0.1, 0.15) is 5.60 Å². The van der Waals surface area contributed by atoms with Crippen LogP contribution in [0, 0.1) is 46.8 Å². The van der Waals surface area contributed by atoms with Gasteiger partial charge in [-0.15, -0.1) is 6.42 Å². The maximum atomic E-state index is 11.0. The van der Waals surface area contributed by atoms with Crippen LogP contribution >= 0.6 is 0 Å². The Morgan fingerprint density at radius 1 is 0.957 bits per heavy atom. The molecule has 23 heavy (non-hydrogen) atoms. The molecule has 4 fully saturated rings. The minimum Gasteiger partial charge on any atom is -0.393 e. The van der Waals surface area contributed by atoms with Crippen LogP contribution in [0.3, 0.4) is 0 Å². The zero-order valence-corrected chi connectivity index (χ0v) is 14.7. The Bertz CT molecular complexity index is 536. The molecule has 0 aromatic rings. The van der Waals surface area contributed by atoms with Crippen molar-refractivity contribution in [1.82, 2.24) is 0 Å². The maximum absolute atomic E-state index is 11.0. The van der Waals surface area contributed by atoms with Gasteiger partial charge in [0.15, 0.2) is 0 Å². The first-order valence-electron chi connectivity index (χ1n) is 9.72. The summed E-state index contributed by atoms with van der Waals surface area (Å²) in [5.41, 5.74) is -0.566. The predicted octanol–water partition coefficient (Wildman–Crippen LogP) is 3.75. The van der Waals surface area contributed by atoms with E-state index in [9.17, 15) is 10.2 Å². The van der Waals surface area contributed by atoms with E-state index in [4.69, 9.17) is 6.42 Å². The second-order valence-corrected chi connectivity index (χ2v) is 9.58. The van der Waals surface area contributed by atoms with Gasteiger partial charge in [-0.25, -0.2) is 0 Å². The number of terminal acetylenes is 1. The first-order chi connectivity index (χ1) is 10.8. The number of aliphatic hydroxyl groups is 2. The Labute approximate surface area is 141 Å². The predicted molar refractivity (Wildman–Crippen MR) is 91.5 cm³/mol. The van der Waals surface area contributed by atoms with Crippen LogP contribution in [0.25, 0.3) is 0 Å². The van der Waals surface area contributed by atoms with Crippen LogP contribution in [0.1, 0.15) is 71.6 Å². The molecule has 4 aliphatic carbocycles. The molecule has 4 rings (SSSR count). The second-order valence-electron chi connectivity index (χ2n) is 9.58. The quantitative estimate of drug-likeness (QED) is 0.668. The molecule has 0 unspecified atom stereocenters. The van der Waals surface area contributed by atoms with Crippen molar-refractivity contribution in [3.8, 4) is 12.3 Å². The lowest BCUT2D eigenvalue weighted by molar-refractivity contribution is -0.144. The molecule has 4 aliphatic rings. The van der Waals surface area contributed by atoms with E-state index in [0.29, 0.717) is 17.3 Å². The molecule has 0 heterocycles. The molecule has 2 heteroatoms. The van der Waals surface area contributed by atoms with E-state index >= 15 is 0 Å². The Balaban J connectivity index is 1.65. The maximum Gasteiger partial charge on any atom is 0.130 e. The summed E-state index contributed by atoms with van der Waals surface area (Å²) >= 11 is 0. The van der Waals surface area contributed by atoms with Crippen molar-refractivity contribution in [2.75, 3.05) is 0 Å². The third-order valence-corrected chi connectivity index (χ3v) is 9.03. The highest BCUT2D eigenvalue weighted by molar-refractivity contribution is 5.23. The highest BCUT2D eigenvalue weighted by Crippen LogP contribution is 2.68. The highest BCUT2D eigenvalue weighted by Gasteiger charge is 2.64. The molecule has 0 bridgehead atoms. The molecule has 2 N–H and O–H groups in total. The van der Waals surface area contributed by atoms with E-state index in [1.807, 2.05) is 0 Å². The monoisotopic (exact) mass is 316 g/mol. The van der Waals surface area contributed by atoms with Gasteiger partial charge < -0.3 is 10.2 Å². The number of aliphatic hydroxyl groups excluding tert-OH is 1. The summed E-state index contributed by atoms with van der Waals surface area (Å²) in [5.74, 6) is 5.56. The fourth-order valence-electron chi connectivity index (χ4n) is 7.49. The van der Waals surface area contributed by atoms with Crippen molar-refractivity contribution >= 4 is 0 Å². The molecule has 128 valence electrons. The second kappa shape index (κ2) is 4.99. The van der Waals surface area contributed by atoms with Crippen LogP contribution in [-0.2, 0) is 0 Å². The number of rotatable bonds is 0. The lowest BCUT2D eigenvalue weighted by atomic mass is 9.44. The molecule has 2 nitrogen and oxygen atoms in total. The van der Waals surface area contributed by atoms with E-state index in [2.05, 4.69) is 19.8 Å². The standard InChI is InChI=1S/C21H32O2/c1-4-21(23)12-9-18-16-6-5-14-13-15(22)7-10-19(14,2)17(16)8-11-20(18,21)3/h1,14-18,22-23H,5-13H2,2-3H3/t14-,15-,16-,17-,18-,19+,20-,21+/m1/s1. The average Bonchev–Trinajstić information content (AvgIpc) is 2.80. The molecular weight excluding hydrogens is 284 g/mol. The first kappa shape index (κ1) is 16.0. The zero-order valence-electron chi connectivity index (χ0n) is 14.7. The summed E-state index contributed by atoms with van der Waals surface area (Å²) in [4.78, 5) is 0. The fourth-order valence-corrected chi connectivity index (χ4v) is 7.49. The molecule has 0 aliphatic heterocycles. The first-order valence-corrected chi connectivity index (χ1v) is 9.72. The largest absolute Gasteiger partial charge is 0.393 e. The van der Waals surface area contributed by atoms with Gasteiger partial charge >= 0.3 is 0 Å². The molecule has 0 spiro atoms. The van der Waals surface area contributed by atoms with Crippen molar-refractivity contribution < 1.29 is 10.2 Å². The summed E-state index contributed by atoms with van der Waals surface area (Å²) in [5, 5.41) is 21.1. The number of hydrogen-bond acceptors (Lipinski definition) is 2.